The van der Waals surface area contributed by atoms with Crippen LogP contribution in [-0.4, -0.2) is 28.1 Å². The maximum Gasteiger partial charge on any atom is 0.250 e. The van der Waals surface area contributed by atoms with E-state index in [-0.39, 0.29) is 11.7 Å². The standard InChI is InChI=1S/C23H20N4O2S3/c1-16(12-19-9-5-11-29-19)13-24-25-21(28)15-31-23-27-26-22(32-23)30-14-18-8-4-7-17-6-2-3-10-20(17)18/h2-13H,14-15H2,1H3,(H,25,28). The molecule has 2 aromatic heterocycles. The molecule has 0 fully saturated rings. The summed E-state index contributed by atoms with van der Waals surface area (Å²) in [5, 5.41) is 14.9. The van der Waals surface area contributed by atoms with E-state index in [2.05, 4.69) is 57.1 Å². The first-order valence-electron chi connectivity index (χ1n) is 9.77. The van der Waals surface area contributed by atoms with Crippen LogP contribution in [0.15, 0.2) is 84.6 Å². The summed E-state index contributed by atoms with van der Waals surface area (Å²) in [6.07, 6.45) is 5.03. The monoisotopic (exact) mass is 480 g/mol. The van der Waals surface area contributed by atoms with Gasteiger partial charge in [-0.2, -0.15) is 5.10 Å². The van der Waals surface area contributed by atoms with Gasteiger partial charge in [-0.3, -0.25) is 4.79 Å². The average Bonchev–Trinajstić information content (AvgIpc) is 3.48. The van der Waals surface area contributed by atoms with Gasteiger partial charge in [-0.15, -0.1) is 10.2 Å². The number of hydrazone groups is 1. The van der Waals surface area contributed by atoms with E-state index in [0.717, 1.165) is 25.8 Å². The molecule has 6 nitrogen and oxygen atoms in total. The fraction of sp³-hybridized carbons (Fsp3) is 0.130. The molecule has 4 rings (SSSR count). The van der Waals surface area contributed by atoms with Gasteiger partial charge in [0.1, 0.15) is 5.76 Å². The Morgan fingerprint density at radius 1 is 1.09 bits per heavy atom. The lowest BCUT2D eigenvalue weighted by molar-refractivity contribution is -0.118. The molecule has 1 amide bonds. The molecule has 0 radical (unpaired) electrons. The molecule has 0 aliphatic rings. The highest BCUT2D eigenvalue weighted by molar-refractivity contribution is 8.03. The number of hydrogen-bond donors (Lipinski definition) is 1. The molecule has 1 N–H and O–H groups in total. The van der Waals surface area contributed by atoms with Crippen LogP contribution in [0.4, 0.5) is 0 Å². The van der Waals surface area contributed by atoms with Crippen LogP contribution in [0.2, 0.25) is 0 Å². The molecule has 2 heterocycles. The van der Waals surface area contributed by atoms with E-state index < -0.39 is 0 Å². The van der Waals surface area contributed by atoms with Crippen molar-refractivity contribution in [1.82, 2.24) is 15.6 Å². The van der Waals surface area contributed by atoms with Gasteiger partial charge in [0.15, 0.2) is 8.68 Å². The molecule has 0 unspecified atom stereocenters. The third-order valence-corrected chi connectivity index (χ3v) is 7.56. The van der Waals surface area contributed by atoms with Gasteiger partial charge in [-0.25, -0.2) is 5.43 Å². The summed E-state index contributed by atoms with van der Waals surface area (Å²) < 4.78 is 6.89. The Morgan fingerprint density at radius 2 is 1.91 bits per heavy atom. The van der Waals surface area contributed by atoms with Crippen LogP contribution >= 0.6 is 34.9 Å². The smallest absolute Gasteiger partial charge is 0.250 e. The minimum absolute atomic E-state index is 0.197. The zero-order valence-electron chi connectivity index (χ0n) is 17.2. The fourth-order valence-electron chi connectivity index (χ4n) is 2.87. The maximum atomic E-state index is 12.0. The third kappa shape index (κ3) is 6.32. The van der Waals surface area contributed by atoms with Gasteiger partial charge in [-0.1, -0.05) is 77.3 Å². The highest BCUT2D eigenvalue weighted by Crippen LogP contribution is 2.32. The van der Waals surface area contributed by atoms with E-state index in [1.807, 2.05) is 31.2 Å². The van der Waals surface area contributed by atoms with Crippen molar-refractivity contribution >= 4 is 63.8 Å². The molecule has 0 saturated carbocycles. The SMILES string of the molecule is CC(C=NNC(=O)CSc1nnc(SCc2cccc3ccccc23)s1)=Cc1ccco1. The fourth-order valence-corrected chi connectivity index (χ4v) is 5.69. The van der Waals surface area contributed by atoms with Crippen LogP contribution in [0.25, 0.3) is 16.8 Å². The van der Waals surface area contributed by atoms with Gasteiger partial charge in [0.05, 0.1) is 18.2 Å². The summed E-state index contributed by atoms with van der Waals surface area (Å²) in [6.45, 7) is 1.88. The topological polar surface area (TPSA) is 80.4 Å². The number of carbonyl (C=O) groups excluding carboxylic acids is 1. The van der Waals surface area contributed by atoms with Crippen molar-refractivity contribution in [2.45, 2.75) is 21.4 Å². The van der Waals surface area contributed by atoms with Crippen LogP contribution in [0.5, 0.6) is 0 Å². The highest BCUT2D eigenvalue weighted by Gasteiger charge is 2.09. The largest absolute Gasteiger partial charge is 0.465 e. The Hall–Kier alpha value is -2.88. The third-order valence-electron chi connectivity index (χ3n) is 4.32. The van der Waals surface area contributed by atoms with Gasteiger partial charge < -0.3 is 4.42 Å². The molecule has 0 bridgehead atoms. The minimum atomic E-state index is -0.197. The lowest BCUT2D eigenvalue weighted by Gasteiger charge is -2.04. The first-order valence-corrected chi connectivity index (χ1v) is 12.6. The Morgan fingerprint density at radius 3 is 2.75 bits per heavy atom. The number of carbonyl (C=O) groups is 1. The van der Waals surface area contributed by atoms with Gasteiger partial charge in [-0.05, 0) is 47.0 Å². The summed E-state index contributed by atoms with van der Waals surface area (Å²) in [5.74, 6) is 1.58. The Balaban J connectivity index is 1.23. The summed E-state index contributed by atoms with van der Waals surface area (Å²) in [5.41, 5.74) is 4.66. The molecule has 0 saturated heterocycles. The number of thioether (sulfide) groups is 2. The van der Waals surface area contributed by atoms with E-state index >= 15 is 0 Å². The molecule has 0 spiro atoms. The molecule has 0 aliphatic carbocycles. The lowest BCUT2D eigenvalue weighted by Crippen LogP contribution is -2.19. The van der Waals surface area contributed by atoms with E-state index in [0.29, 0.717) is 0 Å². The molecule has 0 aliphatic heterocycles. The summed E-state index contributed by atoms with van der Waals surface area (Å²) in [6, 6.07) is 18.4. The lowest BCUT2D eigenvalue weighted by atomic mass is 10.1. The predicted octanol–water partition coefficient (Wildman–Crippen LogP) is 5.87. The van der Waals surface area contributed by atoms with Crippen molar-refractivity contribution in [2.24, 2.45) is 5.10 Å². The van der Waals surface area contributed by atoms with Crippen molar-refractivity contribution in [3.05, 3.63) is 77.8 Å². The Bertz CT molecular complexity index is 1240. The number of furan rings is 1. The zero-order valence-corrected chi connectivity index (χ0v) is 19.7. The van der Waals surface area contributed by atoms with Crippen molar-refractivity contribution < 1.29 is 9.21 Å². The number of aromatic nitrogens is 2. The number of rotatable bonds is 9. The van der Waals surface area contributed by atoms with E-state index in [4.69, 9.17) is 4.42 Å². The number of hydrogen-bond acceptors (Lipinski definition) is 8. The maximum absolute atomic E-state index is 12.0. The van der Waals surface area contributed by atoms with Gasteiger partial charge >= 0.3 is 0 Å². The molecular formula is C23H20N4O2S3. The van der Waals surface area contributed by atoms with Crippen LogP contribution in [-0.2, 0) is 10.5 Å². The predicted molar refractivity (Wildman–Crippen MR) is 133 cm³/mol. The summed E-state index contributed by atoms with van der Waals surface area (Å²) >= 11 is 4.50. The van der Waals surface area contributed by atoms with Gasteiger partial charge in [0.25, 0.3) is 5.91 Å². The van der Waals surface area contributed by atoms with E-state index in [1.54, 1.807) is 24.2 Å². The Labute approximate surface area is 198 Å². The normalized spacial score (nSPS) is 12.0. The average molecular weight is 481 g/mol. The first kappa shape index (κ1) is 22.3. The molecule has 2 aromatic carbocycles. The second-order valence-corrected chi connectivity index (χ2v) is 10.2. The van der Waals surface area contributed by atoms with Gasteiger partial charge in [0.2, 0.25) is 0 Å². The number of benzene rings is 2. The number of allylic oxidation sites excluding steroid dienone is 1. The van der Waals surface area contributed by atoms with Crippen molar-refractivity contribution in [3.63, 3.8) is 0 Å². The molecule has 4 aromatic rings. The quantitative estimate of drug-likeness (QED) is 0.183. The van der Waals surface area contributed by atoms with Crippen molar-refractivity contribution in [2.75, 3.05) is 5.75 Å². The summed E-state index contributed by atoms with van der Waals surface area (Å²) in [7, 11) is 0. The van der Waals surface area contributed by atoms with E-state index in [1.165, 1.54) is 39.4 Å². The molecule has 9 heteroatoms. The second-order valence-electron chi connectivity index (χ2n) is 6.75. The van der Waals surface area contributed by atoms with Crippen molar-refractivity contribution in [3.8, 4) is 0 Å². The minimum Gasteiger partial charge on any atom is -0.465 e. The first-order chi connectivity index (χ1) is 15.7. The zero-order chi connectivity index (χ0) is 22.2. The van der Waals surface area contributed by atoms with Crippen LogP contribution in [0.3, 0.4) is 0 Å². The number of nitrogens with zero attached hydrogens (tertiary/aromatic N) is 3. The Kier molecular flexibility index (Phi) is 7.76. The number of nitrogens with one attached hydrogen (secondary N) is 1. The molecule has 0 atom stereocenters. The van der Waals surface area contributed by atoms with Crippen LogP contribution in [0.1, 0.15) is 18.2 Å². The highest BCUT2D eigenvalue weighted by atomic mass is 32.2. The molecular weight excluding hydrogens is 460 g/mol. The summed E-state index contributed by atoms with van der Waals surface area (Å²) in [4.78, 5) is 12.0. The number of fused-ring (bicyclic) bond motifs is 1. The molecule has 162 valence electrons. The van der Waals surface area contributed by atoms with Gasteiger partial charge in [0, 0.05) is 5.75 Å². The van der Waals surface area contributed by atoms with Crippen LogP contribution in [0, 0.1) is 0 Å². The molecule has 32 heavy (non-hydrogen) atoms. The number of amides is 1. The van der Waals surface area contributed by atoms with E-state index in [9.17, 15) is 4.79 Å². The second kappa shape index (κ2) is 11.1. The van der Waals surface area contributed by atoms with Crippen molar-refractivity contribution in [1.29, 1.82) is 0 Å². The van der Waals surface area contributed by atoms with Crippen LogP contribution < -0.4 is 5.43 Å².